The van der Waals surface area contributed by atoms with Crippen LogP contribution in [0.1, 0.15) is 32.6 Å². The molecule has 0 spiro atoms. The highest BCUT2D eigenvalue weighted by Crippen LogP contribution is 2.30. The Labute approximate surface area is 178 Å². The van der Waals surface area contributed by atoms with Gasteiger partial charge in [0.25, 0.3) is 0 Å². The SMILES string of the molecule is CC(=O)N1CCCC1CN1CCN(c2ccc3ncnc(N4CCCC4)c3c2)CC1. The Balaban J connectivity index is 1.27. The fourth-order valence-electron chi connectivity index (χ4n) is 5.34. The van der Waals surface area contributed by atoms with Crippen molar-refractivity contribution in [3.63, 3.8) is 0 Å². The molecule has 2 aromatic rings. The summed E-state index contributed by atoms with van der Waals surface area (Å²) in [6, 6.07) is 7.02. The molecule has 1 aromatic carbocycles. The molecule has 0 saturated carbocycles. The van der Waals surface area contributed by atoms with Crippen LogP contribution >= 0.6 is 0 Å². The van der Waals surface area contributed by atoms with Crippen molar-refractivity contribution in [1.82, 2.24) is 19.8 Å². The normalized spacial score (nSPS) is 23.0. The first-order valence-corrected chi connectivity index (χ1v) is 11.4. The van der Waals surface area contributed by atoms with Crippen LogP contribution in [0.4, 0.5) is 11.5 Å². The number of fused-ring (bicyclic) bond motifs is 1. The number of aromatic nitrogens is 2. The number of nitrogens with zero attached hydrogens (tertiary/aromatic N) is 6. The molecule has 7 heteroatoms. The first-order chi connectivity index (χ1) is 14.7. The van der Waals surface area contributed by atoms with Crippen molar-refractivity contribution in [3.05, 3.63) is 24.5 Å². The zero-order chi connectivity index (χ0) is 20.5. The van der Waals surface area contributed by atoms with Crippen molar-refractivity contribution in [2.45, 2.75) is 38.6 Å². The van der Waals surface area contributed by atoms with Gasteiger partial charge in [0.1, 0.15) is 12.1 Å². The van der Waals surface area contributed by atoms with E-state index in [0.29, 0.717) is 6.04 Å². The lowest BCUT2D eigenvalue weighted by Gasteiger charge is -2.38. The molecule has 0 aliphatic carbocycles. The predicted octanol–water partition coefficient (Wildman–Crippen LogP) is 2.36. The molecule has 7 nitrogen and oxygen atoms in total. The van der Waals surface area contributed by atoms with Crippen LogP contribution in [0.25, 0.3) is 10.9 Å². The molecule has 30 heavy (non-hydrogen) atoms. The van der Waals surface area contributed by atoms with Crippen molar-refractivity contribution >= 4 is 28.3 Å². The molecule has 4 heterocycles. The van der Waals surface area contributed by atoms with Gasteiger partial charge in [-0.2, -0.15) is 0 Å². The third-order valence-electron chi connectivity index (χ3n) is 6.99. The summed E-state index contributed by atoms with van der Waals surface area (Å²) < 4.78 is 0. The van der Waals surface area contributed by atoms with Gasteiger partial charge in [-0.05, 0) is 43.9 Å². The number of carbonyl (C=O) groups is 1. The van der Waals surface area contributed by atoms with Crippen LogP contribution in [-0.4, -0.2) is 84.1 Å². The molecule has 0 bridgehead atoms. The standard InChI is InChI=1S/C23H32N6O/c1-18(30)29-10-4-5-20(29)16-26-11-13-27(14-12-26)19-6-7-22-21(15-19)23(25-17-24-22)28-8-2-3-9-28/h6-7,15,17,20H,2-5,8-14,16H2,1H3. The summed E-state index contributed by atoms with van der Waals surface area (Å²) in [5.41, 5.74) is 2.29. The van der Waals surface area contributed by atoms with E-state index in [0.717, 1.165) is 76.5 Å². The van der Waals surface area contributed by atoms with E-state index in [1.54, 1.807) is 13.3 Å². The molecule has 0 N–H and O–H groups in total. The number of benzene rings is 1. The molecule has 3 saturated heterocycles. The van der Waals surface area contributed by atoms with Crippen LogP contribution in [0.15, 0.2) is 24.5 Å². The second-order valence-electron chi connectivity index (χ2n) is 8.89. The van der Waals surface area contributed by atoms with Gasteiger partial charge in [-0.15, -0.1) is 0 Å². The van der Waals surface area contributed by atoms with Gasteiger partial charge in [0.2, 0.25) is 5.91 Å². The topological polar surface area (TPSA) is 55.8 Å². The van der Waals surface area contributed by atoms with Crippen LogP contribution in [0.5, 0.6) is 0 Å². The molecule has 3 aliphatic heterocycles. The summed E-state index contributed by atoms with van der Waals surface area (Å²) in [7, 11) is 0. The van der Waals surface area contributed by atoms with Crippen molar-refractivity contribution < 1.29 is 4.79 Å². The van der Waals surface area contributed by atoms with Crippen molar-refractivity contribution in [2.75, 3.05) is 62.2 Å². The van der Waals surface area contributed by atoms with E-state index in [2.05, 4.69) is 47.8 Å². The van der Waals surface area contributed by atoms with E-state index in [4.69, 9.17) is 0 Å². The minimum Gasteiger partial charge on any atom is -0.369 e. The van der Waals surface area contributed by atoms with Crippen molar-refractivity contribution in [3.8, 4) is 0 Å². The highest BCUT2D eigenvalue weighted by molar-refractivity contribution is 5.92. The molecule has 1 amide bonds. The maximum atomic E-state index is 11.9. The summed E-state index contributed by atoms with van der Waals surface area (Å²) >= 11 is 0. The summed E-state index contributed by atoms with van der Waals surface area (Å²) in [6.45, 7) is 9.96. The van der Waals surface area contributed by atoms with E-state index in [1.165, 1.54) is 23.9 Å². The maximum absolute atomic E-state index is 11.9. The van der Waals surface area contributed by atoms with E-state index >= 15 is 0 Å². The number of rotatable bonds is 4. The first-order valence-electron chi connectivity index (χ1n) is 11.4. The minimum atomic E-state index is 0.225. The van der Waals surface area contributed by atoms with Crippen LogP contribution < -0.4 is 9.80 Å². The van der Waals surface area contributed by atoms with Crippen LogP contribution in [0, 0.1) is 0 Å². The molecule has 0 radical (unpaired) electrons. The lowest BCUT2D eigenvalue weighted by molar-refractivity contribution is -0.129. The minimum absolute atomic E-state index is 0.225. The van der Waals surface area contributed by atoms with Crippen LogP contribution in [-0.2, 0) is 4.79 Å². The quantitative estimate of drug-likeness (QED) is 0.774. The van der Waals surface area contributed by atoms with Gasteiger partial charge < -0.3 is 14.7 Å². The average Bonchev–Trinajstić information content (AvgIpc) is 3.46. The van der Waals surface area contributed by atoms with E-state index < -0.39 is 0 Å². The average molecular weight is 409 g/mol. The number of piperazine rings is 1. The molecule has 160 valence electrons. The zero-order valence-electron chi connectivity index (χ0n) is 18.0. The summed E-state index contributed by atoms with van der Waals surface area (Å²) in [4.78, 5) is 30.4. The van der Waals surface area contributed by atoms with Gasteiger partial charge in [-0.3, -0.25) is 9.69 Å². The zero-order valence-corrected chi connectivity index (χ0v) is 18.0. The van der Waals surface area contributed by atoms with Gasteiger partial charge in [0.15, 0.2) is 0 Å². The molecule has 1 unspecified atom stereocenters. The van der Waals surface area contributed by atoms with Gasteiger partial charge in [0, 0.05) is 76.4 Å². The number of anilines is 2. The summed E-state index contributed by atoms with van der Waals surface area (Å²) in [5.74, 6) is 1.31. The number of hydrogen-bond donors (Lipinski definition) is 0. The Morgan fingerprint density at radius 2 is 1.77 bits per heavy atom. The van der Waals surface area contributed by atoms with Gasteiger partial charge >= 0.3 is 0 Å². The van der Waals surface area contributed by atoms with Crippen molar-refractivity contribution in [2.24, 2.45) is 0 Å². The Kier molecular flexibility index (Phi) is 5.46. The number of likely N-dealkylation sites (tertiary alicyclic amines) is 1. The lowest BCUT2D eigenvalue weighted by atomic mass is 10.1. The fraction of sp³-hybridized carbons (Fsp3) is 0.609. The second-order valence-corrected chi connectivity index (χ2v) is 8.89. The largest absolute Gasteiger partial charge is 0.369 e. The fourth-order valence-corrected chi connectivity index (χ4v) is 5.34. The smallest absolute Gasteiger partial charge is 0.219 e. The first kappa shape index (κ1) is 19.5. The second kappa shape index (κ2) is 8.38. The Bertz CT molecular complexity index is 904. The number of amides is 1. The molecule has 5 rings (SSSR count). The van der Waals surface area contributed by atoms with E-state index in [-0.39, 0.29) is 5.91 Å². The molecule has 3 fully saturated rings. The molecular weight excluding hydrogens is 376 g/mol. The predicted molar refractivity (Wildman–Crippen MR) is 120 cm³/mol. The Morgan fingerprint density at radius 3 is 2.53 bits per heavy atom. The van der Waals surface area contributed by atoms with E-state index in [9.17, 15) is 4.79 Å². The Morgan fingerprint density at radius 1 is 0.967 bits per heavy atom. The van der Waals surface area contributed by atoms with E-state index in [1.807, 2.05) is 0 Å². The highest BCUT2D eigenvalue weighted by Gasteiger charge is 2.29. The van der Waals surface area contributed by atoms with Gasteiger partial charge in [-0.1, -0.05) is 0 Å². The van der Waals surface area contributed by atoms with Crippen LogP contribution in [0.3, 0.4) is 0 Å². The highest BCUT2D eigenvalue weighted by atomic mass is 16.2. The van der Waals surface area contributed by atoms with Crippen LogP contribution in [0.2, 0.25) is 0 Å². The van der Waals surface area contributed by atoms with Crippen molar-refractivity contribution in [1.29, 1.82) is 0 Å². The monoisotopic (exact) mass is 408 g/mol. The third-order valence-corrected chi connectivity index (χ3v) is 6.99. The summed E-state index contributed by atoms with van der Waals surface area (Å²) in [5, 5.41) is 1.17. The molecule has 1 aromatic heterocycles. The molecule has 1 atom stereocenters. The Hall–Kier alpha value is -2.41. The number of carbonyl (C=O) groups excluding carboxylic acids is 1. The summed E-state index contributed by atoms with van der Waals surface area (Å²) in [6.07, 6.45) is 6.47. The van der Waals surface area contributed by atoms with Gasteiger partial charge in [0.05, 0.1) is 5.52 Å². The molecular formula is C23H32N6O. The third kappa shape index (κ3) is 3.83. The van der Waals surface area contributed by atoms with Gasteiger partial charge in [-0.25, -0.2) is 9.97 Å². The molecule has 3 aliphatic rings. The number of hydrogen-bond acceptors (Lipinski definition) is 6. The maximum Gasteiger partial charge on any atom is 0.219 e. The lowest BCUT2D eigenvalue weighted by Crippen LogP contribution is -2.51.